The smallest absolute Gasteiger partial charge is 0.264 e. The first kappa shape index (κ1) is 32.0. The van der Waals surface area contributed by atoms with Gasteiger partial charge in [0.05, 0.1) is 17.2 Å². The van der Waals surface area contributed by atoms with Gasteiger partial charge in [-0.05, 0) is 87.5 Å². The van der Waals surface area contributed by atoms with Crippen LogP contribution in [0.4, 0.5) is 5.69 Å². The van der Waals surface area contributed by atoms with E-state index < -0.39 is 28.5 Å². The zero-order valence-electron chi connectivity index (χ0n) is 24.2. The molecule has 0 bridgehead atoms. The number of hydrogen-bond acceptors (Lipinski definition) is 6. The highest BCUT2D eigenvalue weighted by atomic mass is 32.2. The molecule has 0 aromatic heterocycles. The van der Waals surface area contributed by atoms with Crippen molar-refractivity contribution in [3.63, 3.8) is 0 Å². The highest BCUT2D eigenvalue weighted by Gasteiger charge is 2.32. The number of hydrogen-bond donors (Lipinski definition) is 1. The molecule has 3 aromatic rings. The number of thioether (sulfide) groups is 1. The number of rotatable bonds is 14. The summed E-state index contributed by atoms with van der Waals surface area (Å²) in [7, 11) is -4.14. The van der Waals surface area contributed by atoms with Crippen LogP contribution in [0.1, 0.15) is 39.7 Å². The topological polar surface area (TPSA) is 96.0 Å². The number of nitrogens with one attached hydrogen (secondary N) is 1. The highest BCUT2D eigenvalue weighted by Crippen LogP contribution is 2.28. The van der Waals surface area contributed by atoms with E-state index in [9.17, 15) is 18.0 Å². The van der Waals surface area contributed by atoms with E-state index in [1.54, 1.807) is 43.3 Å². The molecule has 41 heavy (non-hydrogen) atoms. The number of ether oxygens (including phenoxy) is 1. The second-order valence-electron chi connectivity index (χ2n) is 9.62. The van der Waals surface area contributed by atoms with Crippen LogP contribution in [0.5, 0.6) is 5.75 Å². The van der Waals surface area contributed by atoms with Crippen molar-refractivity contribution < 1.29 is 22.7 Å². The van der Waals surface area contributed by atoms with Crippen molar-refractivity contribution in [3.8, 4) is 5.75 Å². The van der Waals surface area contributed by atoms with Gasteiger partial charge in [-0.3, -0.25) is 13.9 Å². The summed E-state index contributed by atoms with van der Waals surface area (Å²) >= 11 is 1.51. The fourth-order valence-electron chi connectivity index (χ4n) is 4.11. The van der Waals surface area contributed by atoms with Gasteiger partial charge in [0.1, 0.15) is 18.3 Å². The Hall–Kier alpha value is -3.50. The summed E-state index contributed by atoms with van der Waals surface area (Å²) in [4.78, 5) is 29.5. The molecule has 0 aliphatic rings. The van der Waals surface area contributed by atoms with Crippen LogP contribution in [-0.4, -0.2) is 56.6 Å². The van der Waals surface area contributed by atoms with Crippen LogP contribution in [0.3, 0.4) is 0 Å². The lowest BCUT2D eigenvalue weighted by molar-refractivity contribution is -0.139. The van der Waals surface area contributed by atoms with E-state index in [0.29, 0.717) is 18.0 Å². The standard InChI is InChI=1S/C31H39N3O5S2/c1-6-23(3)32-31(36)24(4)33(21-25-11-9-8-10-12-25)30(35)22-34(26-13-15-27(16-14-26)39-7-2)41(37,38)29-19-17-28(40-5)18-20-29/h8-20,23-24H,6-7,21-22H2,1-5H3,(H,32,36)/t23-,24+/m1/s1. The monoisotopic (exact) mass is 597 g/mol. The van der Waals surface area contributed by atoms with E-state index in [1.165, 1.54) is 28.8 Å². The minimum atomic E-state index is -4.14. The van der Waals surface area contributed by atoms with Crippen molar-refractivity contribution in [2.75, 3.05) is 23.7 Å². The number of sulfonamides is 1. The number of carbonyl (C=O) groups is 2. The fraction of sp³-hybridized carbons (Fsp3) is 0.355. The number of amides is 2. The quantitative estimate of drug-likeness (QED) is 0.252. The van der Waals surface area contributed by atoms with Crippen LogP contribution >= 0.6 is 11.8 Å². The number of carbonyl (C=O) groups excluding carboxylic acids is 2. The molecule has 0 saturated carbocycles. The summed E-state index contributed by atoms with van der Waals surface area (Å²) in [6.07, 6.45) is 2.65. The summed E-state index contributed by atoms with van der Waals surface area (Å²) in [6, 6.07) is 21.6. The average Bonchev–Trinajstić information content (AvgIpc) is 2.99. The largest absolute Gasteiger partial charge is 0.494 e. The van der Waals surface area contributed by atoms with Crippen molar-refractivity contribution in [1.82, 2.24) is 10.2 Å². The van der Waals surface area contributed by atoms with Gasteiger partial charge in [0.25, 0.3) is 10.0 Å². The number of anilines is 1. The molecule has 2 amide bonds. The Kier molecular flexibility index (Phi) is 11.7. The van der Waals surface area contributed by atoms with Crippen LogP contribution in [0, 0.1) is 0 Å². The zero-order chi connectivity index (χ0) is 30.0. The van der Waals surface area contributed by atoms with Crippen molar-refractivity contribution in [2.45, 2.75) is 62.5 Å². The Morgan fingerprint density at radius 1 is 0.927 bits per heavy atom. The van der Waals surface area contributed by atoms with Crippen molar-refractivity contribution in [1.29, 1.82) is 0 Å². The molecule has 0 heterocycles. The third-order valence-corrected chi connectivity index (χ3v) is 9.26. The van der Waals surface area contributed by atoms with E-state index in [1.807, 2.05) is 57.4 Å². The molecule has 0 aliphatic heterocycles. The first-order valence-electron chi connectivity index (χ1n) is 13.6. The minimum Gasteiger partial charge on any atom is -0.494 e. The molecule has 3 rings (SSSR count). The summed E-state index contributed by atoms with van der Waals surface area (Å²) in [6.45, 7) is 7.51. The molecule has 3 aromatic carbocycles. The molecular weight excluding hydrogens is 558 g/mol. The number of nitrogens with zero attached hydrogens (tertiary/aromatic N) is 2. The van der Waals surface area contributed by atoms with Crippen LogP contribution in [0.2, 0.25) is 0 Å². The van der Waals surface area contributed by atoms with Crippen molar-refractivity contribution in [2.24, 2.45) is 0 Å². The van der Waals surface area contributed by atoms with E-state index in [2.05, 4.69) is 5.32 Å². The fourth-order valence-corrected chi connectivity index (χ4v) is 5.93. The van der Waals surface area contributed by atoms with Crippen LogP contribution in [0.25, 0.3) is 0 Å². The van der Waals surface area contributed by atoms with Crippen LogP contribution in [0.15, 0.2) is 88.7 Å². The Bertz CT molecular complexity index is 1380. The van der Waals surface area contributed by atoms with Gasteiger partial charge in [-0.1, -0.05) is 37.3 Å². The third kappa shape index (κ3) is 8.50. The summed E-state index contributed by atoms with van der Waals surface area (Å²) in [5, 5.41) is 2.94. The average molecular weight is 598 g/mol. The predicted octanol–water partition coefficient (Wildman–Crippen LogP) is 5.33. The molecular formula is C31H39N3O5S2. The molecule has 0 saturated heterocycles. The van der Waals surface area contributed by atoms with E-state index >= 15 is 0 Å². The van der Waals surface area contributed by atoms with E-state index in [0.717, 1.165) is 21.2 Å². The van der Waals surface area contributed by atoms with Crippen molar-refractivity contribution >= 4 is 39.3 Å². The third-order valence-electron chi connectivity index (χ3n) is 6.73. The van der Waals surface area contributed by atoms with E-state index in [4.69, 9.17) is 4.74 Å². The van der Waals surface area contributed by atoms with Gasteiger partial charge in [-0.2, -0.15) is 0 Å². The Morgan fingerprint density at radius 2 is 1.56 bits per heavy atom. The Labute approximate surface area is 248 Å². The highest BCUT2D eigenvalue weighted by molar-refractivity contribution is 7.98. The molecule has 0 fully saturated rings. The first-order chi connectivity index (χ1) is 19.6. The summed E-state index contributed by atoms with van der Waals surface area (Å²) in [5.41, 5.74) is 1.14. The first-order valence-corrected chi connectivity index (χ1v) is 16.3. The summed E-state index contributed by atoms with van der Waals surface area (Å²) < 4.78 is 34.6. The van der Waals surface area contributed by atoms with Gasteiger partial charge in [-0.25, -0.2) is 8.42 Å². The molecule has 0 unspecified atom stereocenters. The molecule has 0 aliphatic carbocycles. The van der Waals surface area contributed by atoms with Gasteiger partial charge >= 0.3 is 0 Å². The maximum absolute atomic E-state index is 14.0. The van der Waals surface area contributed by atoms with Gasteiger partial charge in [-0.15, -0.1) is 11.8 Å². The molecule has 0 radical (unpaired) electrons. The molecule has 2 atom stereocenters. The molecule has 1 N–H and O–H groups in total. The maximum atomic E-state index is 14.0. The SMILES string of the molecule is CCOc1ccc(N(CC(=O)N(Cc2ccccc2)[C@@H](C)C(=O)N[C@H](C)CC)S(=O)(=O)c2ccc(SC)cc2)cc1. The van der Waals surface area contributed by atoms with Crippen molar-refractivity contribution in [3.05, 3.63) is 84.4 Å². The van der Waals surface area contributed by atoms with Crippen LogP contribution in [-0.2, 0) is 26.2 Å². The molecule has 10 heteroatoms. The normalized spacial score (nSPS) is 12.7. The lowest BCUT2D eigenvalue weighted by atomic mass is 10.1. The Morgan fingerprint density at radius 3 is 2.12 bits per heavy atom. The maximum Gasteiger partial charge on any atom is 0.264 e. The Balaban J connectivity index is 2.02. The van der Waals surface area contributed by atoms with Gasteiger partial charge in [0.15, 0.2) is 0 Å². The predicted molar refractivity (Wildman–Crippen MR) is 165 cm³/mol. The summed E-state index contributed by atoms with van der Waals surface area (Å²) in [5.74, 6) is -0.212. The van der Waals surface area contributed by atoms with Gasteiger partial charge in [0, 0.05) is 17.5 Å². The lowest BCUT2D eigenvalue weighted by Crippen LogP contribution is -2.52. The van der Waals surface area contributed by atoms with E-state index in [-0.39, 0.29) is 23.4 Å². The molecule has 8 nitrogen and oxygen atoms in total. The lowest BCUT2D eigenvalue weighted by Gasteiger charge is -2.32. The van der Waals surface area contributed by atoms with Gasteiger partial charge < -0.3 is 15.0 Å². The number of benzene rings is 3. The second-order valence-corrected chi connectivity index (χ2v) is 12.4. The van der Waals surface area contributed by atoms with Gasteiger partial charge in [0.2, 0.25) is 11.8 Å². The minimum absolute atomic E-state index is 0.0640. The second kappa shape index (κ2) is 14.9. The molecule has 220 valence electrons. The van der Waals surface area contributed by atoms with Crippen LogP contribution < -0.4 is 14.4 Å². The zero-order valence-corrected chi connectivity index (χ0v) is 25.9. The molecule has 0 spiro atoms.